The second kappa shape index (κ2) is 6.03. The number of nitrogens with one attached hydrogen (secondary N) is 2. The van der Waals surface area contributed by atoms with Crippen LogP contribution in [0.4, 0.5) is 0 Å². The van der Waals surface area contributed by atoms with E-state index in [2.05, 4.69) is 29.1 Å². The van der Waals surface area contributed by atoms with E-state index in [0.29, 0.717) is 6.04 Å². The van der Waals surface area contributed by atoms with Crippen molar-refractivity contribution in [1.29, 1.82) is 0 Å². The lowest BCUT2D eigenvalue weighted by Crippen LogP contribution is -2.24. The molecule has 0 aliphatic carbocycles. The summed E-state index contributed by atoms with van der Waals surface area (Å²) < 4.78 is 0. The number of H-pyrrole nitrogens is 1. The Hall–Kier alpha value is -1.32. The van der Waals surface area contributed by atoms with E-state index in [1.165, 1.54) is 0 Å². The zero-order valence-electron chi connectivity index (χ0n) is 10.7. The SMILES string of the molecule is CCC(C)NCc1ncc(-c2ccc(Cl)cc2)[nH]1. The summed E-state index contributed by atoms with van der Waals surface area (Å²) in [4.78, 5) is 7.68. The summed E-state index contributed by atoms with van der Waals surface area (Å²) in [6.45, 7) is 5.10. The molecule has 1 atom stereocenters. The van der Waals surface area contributed by atoms with Crippen LogP contribution in [0.15, 0.2) is 30.5 Å². The van der Waals surface area contributed by atoms with Crippen molar-refractivity contribution in [2.45, 2.75) is 32.9 Å². The summed E-state index contributed by atoms with van der Waals surface area (Å²) in [6, 6.07) is 8.25. The van der Waals surface area contributed by atoms with Gasteiger partial charge in [0.2, 0.25) is 0 Å². The second-order valence-corrected chi connectivity index (χ2v) is 4.88. The molecular weight excluding hydrogens is 246 g/mol. The molecule has 0 aliphatic heterocycles. The summed E-state index contributed by atoms with van der Waals surface area (Å²) in [7, 11) is 0. The Morgan fingerprint density at radius 3 is 2.72 bits per heavy atom. The van der Waals surface area contributed by atoms with Gasteiger partial charge in [0.05, 0.1) is 18.4 Å². The maximum atomic E-state index is 5.87. The molecule has 0 amide bonds. The molecule has 0 bridgehead atoms. The molecule has 3 nitrogen and oxygen atoms in total. The van der Waals surface area contributed by atoms with Crippen LogP contribution < -0.4 is 5.32 Å². The molecule has 96 valence electrons. The van der Waals surface area contributed by atoms with Gasteiger partial charge in [-0.25, -0.2) is 4.98 Å². The van der Waals surface area contributed by atoms with E-state index in [1.807, 2.05) is 30.5 Å². The van der Waals surface area contributed by atoms with Gasteiger partial charge in [0.15, 0.2) is 0 Å². The molecule has 2 N–H and O–H groups in total. The minimum Gasteiger partial charge on any atom is -0.341 e. The molecule has 0 spiro atoms. The van der Waals surface area contributed by atoms with Gasteiger partial charge in [0.25, 0.3) is 0 Å². The molecule has 0 fully saturated rings. The average Bonchev–Trinajstić information content (AvgIpc) is 2.85. The van der Waals surface area contributed by atoms with Crippen LogP contribution in [0, 0.1) is 0 Å². The first-order valence-electron chi connectivity index (χ1n) is 6.22. The highest BCUT2D eigenvalue weighted by molar-refractivity contribution is 6.30. The van der Waals surface area contributed by atoms with Gasteiger partial charge in [-0.2, -0.15) is 0 Å². The first-order chi connectivity index (χ1) is 8.69. The lowest BCUT2D eigenvalue weighted by molar-refractivity contribution is 0.525. The van der Waals surface area contributed by atoms with Gasteiger partial charge >= 0.3 is 0 Å². The lowest BCUT2D eigenvalue weighted by Gasteiger charge is -2.08. The van der Waals surface area contributed by atoms with Gasteiger partial charge in [0, 0.05) is 11.1 Å². The van der Waals surface area contributed by atoms with Gasteiger partial charge < -0.3 is 10.3 Å². The number of aromatic nitrogens is 2. The highest BCUT2D eigenvalue weighted by Crippen LogP contribution is 2.19. The van der Waals surface area contributed by atoms with Crippen molar-refractivity contribution in [3.63, 3.8) is 0 Å². The molecule has 18 heavy (non-hydrogen) atoms. The fraction of sp³-hybridized carbons (Fsp3) is 0.357. The first kappa shape index (κ1) is 13.1. The summed E-state index contributed by atoms with van der Waals surface area (Å²) in [6.07, 6.45) is 2.97. The Balaban J connectivity index is 2.03. The zero-order chi connectivity index (χ0) is 13.0. The van der Waals surface area contributed by atoms with Gasteiger partial charge in [-0.05, 0) is 31.0 Å². The molecule has 2 aromatic rings. The number of hydrogen-bond donors (Lipinski definition) is 2. The molecule has 4 heteroatoms. The van der Waals surface area contributed by atoms with E-state index in [9.17, 15) is 0 Å². The van der Waals surface area contributed by atoms with Crippen molar-refractivity contribution in [1.82, 2.24) is 15.3 Å². The molecule has 0 saturated carbocycles. The largest absolute Gasteiger partial charge is 0.341 e. The maximum Gasteiger partial charge on any atom is 0.120 e. The Kier molecular flexibility index (Phi) is 4.39. The molecule has 2 rings (SSSR count). The molecule has 1 aromatic carbocycles. The number of halogens is 1. The molecule has 0 aliphatic rings. The molecule has 0 saturated heterocycles. The predicted molar refractivity (Wildman–Crippen MR) is 75.6 cm³/mol. The molecule has 1 aromatic heterocycles. The Morgan fingerprint density at radius 1 is 1.33 bits per heavy atom. The van der Waals surface area contributed by atoms with Crippen LogP contribution >= 0.6 is 11.6 Å². The van der Waals surface area contributed by atoms with Crippen molar-refractivity contribution in [3.05, 3.63) is 41.3 Å². The minimum atomic E-state index is 0.508. The number of benzene rings is 1. The Labute approximate surface area is 113 Å². The van der Waals surface area contributed by atoms with E-state index in [-0.39, 0.29) is 0 Å². The Bertz CT molecular complexity index is 490. The first-order valence-corrected chi connectivity index (χ1v) is 6.60. The summed E-state index contributed by atoms with van der Waals surface area (Å²) in [5.74, 6) is 0.959. The highest BCUT2D eigenvalue weighted by atomic mass is 35.5. The minimum absolute atomic E-state index is 0.508. The lowest BCUT2D eigenvalue weighted by atomic mass is 10.2. The standard InChI is InChI=1S/C14H18ClN3/c1-3-10(2)16-9-14-17-8-13(18-14)11-4-6-12(15)7-5-11/h4-8,10,16H,3,9H2,1-2H3,(H,17,18). The highest BCUT2D eigenvalue weighted by Gasteiger charge is 2.04. The van der Waals surface area contributed by atoms with Gasteiger partial charge in [-0.3, -0.25) is 0 Å². The molecule has 1 unspecified atom stereocenters. The summed E-state index contributed by atoms with van der Waals surface area (Å²) in [5, 5.41) is 4.15. The monoisotopic (exact) mass is 263 g/mol. The van der Waals surface area contributed by atoms with Crippen molar-refractivity contribution < 1.29 is 0 Å². The quantitative estimate of drug-likeness (QED) is 0.865. The number of imidazole rings is 1. The van der Waals surface area contributed by atoms with Gasteiger partial charge in [0.1, 0.15) is 5.82 Å². The van der Waals surface area contributed by atoms with Crippen molar-refractivity contribution in [2.24, 2.45) is 0 Å². The number of hydrogen-bond acceptors (Lipinski definition) is 2. The van der Waals surface area contributed by atoms with E-state index < -0.39 is 0 Å². The normalized spacial score (nSPS) is 12.6. The van der Waals surface area contributed by atoms with Gasteiger partial charge in [-0.15, -0.1) is 0 Å². The smallest absolute Gasteiger partial charge is 0.120 e. The number of nitrogens with zero attached hydrogens (tertiary/aromatic N) is 1. The van der Waals surface area contributed by atoms with Crippen molar-refractivity contribution in [3.8, 4) is 11.3 Å². The van der Waals surface area contributed by atoms with Gasteiger partial charge in [-0.1, -0.05) is 30.7 Å². The van der Waals surface area contributed by atoms with Crippen molar-refractivity contribution >= 4 is 11.6 Å². The van der Waals surface area contributed by atoms with Crippen LogP contribution in [0.2, 0.25) is 5.02 Å². The predicted octanol–water partition coefficient (Wildman–Crippen LogP) is 3.62. The fourth-order valence-corrected chi connectivity index (χ4v) is 1.77. The van der Waals surface area contributed by atoms with Crippen molar-refractivity contribution in [2.75, 3.05) is 0 Å². The molecule has 1 heterocycles. The zero-order valence-corrected chi connectivity index (χ0v) is 11.5. The summed E-state index contributed by atoms with van der Waals surface area (Å²) >= 11 is 5.87. The van der Waals surface area contributed by atoms with E-state index in [4.69, 9.17) is 11.6 Å². The molecular formula is C14H18ClN3. The van der Waals surface area contributed by atoms with Crippen LogP contribution in [0.1, 0.15) is 26.1 Å². The van der Waals surface area contributed by atoms with Crippen LogP contribution in [-0.2, 0) is 6.54 Å². The number of aromatic amines is 1. The summed E-state index contributed by atoms with van der Waals surface area (Å²) in [5.41, 5.74) is 2.12. The van der Waals surface area contributed by atoms with E-state index >= 15 is 0 Å². The van der Waals surface area contributed by atoms with Crippen LogP contribution in [0.25, 0.3) is 11.3 Å². The maximum absolute atomic E-state index is 5.87. The third kappa shape index (κ3) is 3.34. The topological polar surface area (TPSA) is 40.7 Å². The third-order valence-corrected chi connectivity index (χ3v) is 3.27. The third-order valence-electron chi connectivity index (χ3n) is 3.01. The van der Waals surface area contributed by atoms with Crippen LogP contribution in [-0.4, -0.2) is 16.0 Å². The van der Waals surface area contributed by atoms with Crippen LogP contribution in [0.5, 0.6) is 0 Å². The van der Waals surface area contributed by atoms with E-state index in [0.717, 1.165) is 35.1 Å². The van der Waals surface area contributed by atoms with Crippen LogP contribution in [0.3, 0.4) is 0 Å². The fourth-order valence-electron chi connectivity index (χ4n) is 1.64. The second-order valence-electron chi connectivity index (χ2n) is 4.44. The Morgan fingerprint density at radius 2 is 2.06 bits per heavy atom. The number of rotatable bonds is 5. The van der Waals surface area contributed by atoms with E-state index in [1.54, 1.807) is 0 Å². The average molecular weight is 264 g/mol. The molecule has 0 radical (unpaired) electrons.